The van der Waals surface area contributed by atoms with Crippen LogP contribution >= 0.6 is 0 Å². The van der Waals surface area contributed by atoms with Gasteiger partial charge < -0.3 is 10.5 Å². The van der Waals surface area contributed by atoms with Crippen molar-refractivity contribution in [2.75, 3.05) is 6.61 Å². The number of hydrogen-bond donors (Lipinski definition) is 2. The lowest BCUT2D eigenvalue weighted by Crippen LogP contribution is -2.39. The van der Waals surface area contributed by atoms with E-state index in [1.807, 2.05) is 5.32 Å². The minimum atomic E-state index is -0.958. The van der Waals surface area contributed by atoms with Gasteiger partial charge in [-0.3, -0.25) is 10.1 Å². The number of nitrogens with one attached hydrogen (secondary N) is 1. The van der Waals surface area contributed by atoms with E-state index in [1.54, 1.807) is 13.8 Å². The summed E-state index contributed by atoms with van der Waals surface area (Å²) in [6.45, 7) is 4.94. The Balaban J connectivity index is 2.94. The molecule has 0 aromatic carbocycles. The van der Waals surface area contributed by atoms with Crippen molar-refractivity contribution in [1.82, 2.24) is 20.3 Å². The van der Waals surface area contributed by atoms with Crippen molar-refractivity contribution in [3.05, 3.63) is 11.4 Å². The maximum absolute atomic E-state index is 11.6. The number of esters is 1. The molecule has 1 rings (SSSR count). The number of carbonyl (C=O) groups is 3. The molecule has 0 aliphatic carbocycles. The minimum absolute atomic E-state index is 0.0283. The molecule has 0 bridgehead atoms. The van der Waals surface area contributed by atoms with Gasteiger partial charge in [0.15, 0.2) is 5.69 Å². The van der Waals surface area contributed by atoms with Crippen LogP contribution in [0.1, 0.15) is 36.1 Å². The maximum Gasteiger partial charge on any atom is 0.360 e. The third-order valence-corrected chi connectivity index (χ3v) is 2.39. The Morgan fingerprint density at radius 3 is 2.63 bits per heavy atom. The number of aromatic nitrogens is 3. The molecule has 0 aliphatic heterocycles. The average molecular weight is 269 g/mol. The molecule has 0 aliphatic rings. The Hall–Kier alpha value is -2.45. The topological polar surface area (TPSA) is 129 Å². The predicted octanol–water partition coefficient (Wildman–Crippen LogP) is -0.481. The standard InChI is InChI=1S/C10H15N5O4/c1-4-19-9(17)7-5(2)15(14-13-7)6(3)8(16)12-10(11)18/h6H,4H2,1-3H3,(H3,11,12,16,18). The Bertz CT molecular complexity index is 510. The second-order valence-corrected chi connectivity index (χ2v) is 3.72. The summed E-state index contributed by atoms with van der Waals surface area (Å²) in [4.78, 5) is 33.7. The van der Waals surface area contributed by atoms with Gasteiger partial charge in [0, 0.05) is 0 Å². The van der Waals surface area contributed by atoms with E-state index in [0.717, 1.165) is 0 Å². The summed E-state index contributed by atoms with van der Waals surface area (Å²) in [5.74, 6) is -1.26. The van der Waals surface area contributed by atoms with Gasteiger partial charge in [0.2, 0.25) is 0 Å². The number of urea groups is 1. The van der Waals surface area contributed by atoms with Gasteiger partial charge in [-0.2, -0.15) is 0 Å². The molecule has 9 heteroatoms. The zero-order valence-corrected chi connectivity index (χ0v) is 10.8. The highest BCUT2D eigenvalue weighted by atomic mass is 16.5. The molecule has 0 saturated carbocycles. The highest BCUT2D eigenvalue weighted by Gasteiger charge is 2.24. The molecule has 19 heavy (non-hydrogen) atoms. The van der Waals surface area contributed by atoms with E-state index >= 15 is 0 Å². The summed E-state index contributed by atoms with van der Waals surface area (Å²) >= 11 is 0. The summed E-state index contributed by atoms with van der Waals surface area (Å²) in [5.41, 5.74) is 5.24. The van der Waals surface area contributed by atoms with Crippen molar-refractivity contribution in [2.24, 2.45) is 5.73 Å². The Kier molecular flexibility index (Phi) is 4.56. The van der Waals surface area contributed by atoms with Gasteiger partial charge in [-0.25, -0.2) is 14.3 Å². The normalized spacial score (nSPS) is 11.7. The number of carbonyl (C=O) groups excluding carboxylic acids is 3. The van der Waals surface area contributed by atoms with Crippen LogP contribution < -0.4 is 11.1 Å². The summed E-state index contributed by atoms with van der Waals surface area (Å²) in [6.07, 6.45) is 0. The largest absolute Gasteiger partial charge is 0.461 e. The molecule has 1 heterocycles. The first-order valence-corrected chi connectivity index (χ1v) is 5.57. The maximum atomic E-state index is 11.6. The van der Waals surface area contributed by atoms with E-state index in [1.165, 1.54) is 11.6 Å². The van der Waals surface area contributed by atoms with Gasteiger partial charge in [0.25, 0.3) is 5.91 Å². The van der Waals surface area contributed by atoms with E-state index in [4.69, 9.17) is 10.5 Å². The van der Waals surface area contributed by atoms with Crippen molar-refractivity contribution in [2.45, 2.75) is 26.8 Å². The number of nitrogens with zero attached hydrogens (tertiary/aromatic N) is 3. The molecule has 0 spiro atoms. The van der Waals surface area contributed by atoms with E-state index in [9.17, 15) is 14.4 Å². The summed E-state index contributed by atoms with van der Waals surface area (Å²) in [6, 6.07) is -1.79. The molecule has 0 fully saturated rings. The fraction of sp³-hybridized carbons (Fsp3) is 0.500. The van der Waals surface area contributed by atoms with Crippen LogP contribution in [0.15, 0.2) is 0 Å². The van der Waals surface area contributed by atoms with Gasteiger partial charge in [-0.15, -0.1) is 5.10 Å². The van der Waals surface area contributed by atoms with E-state index in [2.05, 4.69) is 10.3 Å². The van der Waals surface area contributed by atoms with Crippen LogP contribution in [0.2, 0.25) is 0 Å². The lowest BCUT2D eigenvalue weighted by atomic mass is 10.3. The predicted molar refractivity (Wildman–Crippen MR) is 63.2 cm³/mol. The summed E-state index contributed by atoms with van der Waals surface area (Å²) < 4.78 is 6.01. The first-order valence-electron chi connectivity index (χ1n) is 5.57. The van der Waals surface area contributed by atoms with Gasteiger partial charge in [-0.1, -0.05) is 5.21 Å². The van der Waals surface area contributed by atoms with Crippen LogP contribution in [0.3, 0.4) is 0 Å². The Labute approximate surface area is 109 Å². The van der Waals surface area contributed by atoms with Crippen LogP contribution in [0.25, 0.3) is 0 Å². The molecule has 1 aromatic rings. The van der Waals surface area contributed by atoms with Crippen LogP contribution in [0.5, 0.6) is 0 Å². The Morgan fingerprint density at radius 2 is 2.11 bits per heavy atom. The molecule has 9 nitrogen and oxygen atoms in total. The third kappa shape index (κ3) is 3.27. The molecule has 3 amide bonds. The van der Waals surface area contributed by atoms with Gasteiger partial charge >= 0.3 is 12.0 Å². The first kappa shape index (κ1) is 14.6. The fourth-order valence-corrected chi connectivity index (χ4v) is 1.43. The molecule has 3 N–H and O–H groups in total. The smallest absolute Gasteiger partial charge is 0.360 e. The molecule has 1 unspecified atom stereocenters. The second-order valence-electron chi connectivity index (χ2n) is 3.72. The molecule has 0 saturated heterocycles. The zero-order valence-electron chi connectivity index (χ0n) is 10.8. The first-order chi connectivity index (χ1) is 8.88. The number of hydrogen-bond acceptors (Lipinski definition) is 6. The second kappa shape index (κ2) is 5.94. The monoisotopic (exact) mass is 269 g/mol. The van der Waals surface area contributed by atoms with Gasteiger partial charge in [-0.05, 0) is 20.8 Å². The lowest BCUT2D eigenvalue weighted by molar-refractivity contribution is -0.123. The van der Waals surface area contributed by atoms with E-state index in [0.29, 0.717) is 5.69 Å². The van der Waals surface area contributed by atoms with Crippen LogP contribution in [0, 0.1) is 6.92 Å². The van der Waals surface area contributed by atoms with Crippen molar-refractivity contribution >= 4 is 17.9 Å². The molecule has 1 atom stereocenters. The van der Waals surface area contributed by atoms with Crippen LogP contribution in [-0.2, 0) is 9.53 Å². The lowest BCUT2D eigenvalue weighted by Gasteiger charge is -2.11. The van der Waals surface area contributed by atoms with Gasteiger partial charge in [0.05, 0.1) is 12.3 Å². The van der Waals surface area contributed by atoms with Crippen molar-refractivity contribution in [3.63, 3.8) is 0 Å². The molecule has 1 aromatic heterocycles. The van der Waals surface area contributed by atoms with Crippen molar-refractivity contribution < 1.29 is 19.1 Å². The average Bonchev–Trinajstić information content (AvgIpc) is 2.69. The number of imide groups is 1. The SMILES string of the molecule is CCOC(=O)c1nnn(C(C)C(=O)NC(N)=O)c1C. The number of nitrogens with two attached hydrogens (primary N) is 1. The number of ether oxygens (including phenoxy) is 1. The number of rotatable bonds is 4. The minimum Gasteiger partial charge on any atom is -0.461 e. The van der Waals surface area contributed by atoms with Crippen LogP contribution in [-0.4, -0.2) is 39.5 Å². The quantitative estimate of drug-likeness (QED) is 0.710. The molecule has 0 radical (unpaired) electrons. The van der Waals surface area contributed by atoms with Gasteiger partial charge in [0.1, 0.15) is 6.04 Å². The van der Waals surface area contributed by atoms with Crippen molar-refractivity contribution in [3.8, 4) is 0 Å². The highest BCUT2D eigenvalue weighted by Crippen LogP contribution is 2.12. The summed E-state index contributed by atoms with van der Waals surface area (Å²) in [5, 5.41) is 9.29. The summed E-state index contributed by atoms with van der Waals surface area (Å²) in [7, 11) is 0. The molecule has 104 valence electrons. The van der Waals surface area contributed by atoms with E-state index in [-0.39, 0.29) is 12.3 Å². The molecular weight excluding hydrogens is 254 g/mol. The fourth-order valence-electron chi connectivity index (χ4n) is 1.43. The highest BCUT2D eigenvalue weighted by molar-refractivity contribution is 5.95. The molecular formula is C10H15N5O4. The zero-order chi connectivity index (χ0) is 14.6. The van der Waals surface area contributed by atoms with Crippen molar-refractivity contribution in [1.29, 1.82) is 0 Å². The van der Waals surface area contributed by atoms with E-state index < -0.39 is 23.9 Å². The van der Waals surface area contributed by atoms with Crippen LogP contribution in [0.4, 0.5) is 4.79 Å². The third-order valence-electron chi connectivity index (χ3n) is 2.39. The number of amides is 3. The number of primary amides is 1. The Morgan fingerprint density at radius 1 is 1.47 bits per heavy atom.